The molecule has 2 aliphatic rings. The van der Waals surface area contributed by atoms with Gasteiger partial charge in [0.1, 0.15) is 0 Å². The maximum absolute atomic E-state index is 6.33. The van der Waals surface area contributed by atoms with Gasteiger partial charge in [-0.05, 0) is 58.3 Å². The lowest BCUT2D eigenvalue weighted by molar-refractivity contribution is -0.0636. The first-order valence-corrected chi connectivity index (χ1v) is 8.08. The van der Waals surface area contributed by atoms with Crippen molar-refractivity contribution >= 4 is 0 Å². The molecule has 1 aliphatic carbocycles. The van der Waals surface area contributed by atoms with Crippen LogP contribution in [0.5, 0.6) is 0 Å². The highest BCUT2D eigenvalue weighted by Gasteiger charge is 2.26. The van der Waals surface area contributed by atoms with Gasteiger partial charge in [0, 0.05) is 19.1 Å². The fourth-order valence-corrected chi connectivity index (χ4v) is 3.48. The highest BCUT2D eigenvalue weighted by Crippen LogP contribution is 2.30. The molecule has 2 nitrogen and oxygen atoms in total. The van der Waals surface area contributed by atoms with Crippen molar-refractivity contribution in [2.75, 3.05) is 13.1 Å². The summed E-state index contributed by atoms with van der Waals surface area (Å²) in [5, 5.41) is 0. The van der Waals surface area contributed by atoms with E-state index in [1.54, 1.807) is 0 Å². The van der Waals surface area contributed by atoms with Crippen molar-refractivity contribution in [3.8, 4) is 0 Å². The van der Waals surface area contributed by atoms with E-state index in [1.165, 1.54) is 58.0 Å². The maximum atomic E-state index is 6.33. The summed E-state index contributed by atoms with van der Waals surface area (Å²) in [6.07, 6.45) is 10.4. The molecule has 1 aliphatic heterocycles. The van der Waals surface area contributed by atoms with Crippen LogP contribution in [0.4, 0.5) is 0 Å². The topological polar surface area (TPSA) is 12.5 Å². The Morgan fingerprint density at radius 1 is 0.944 bits per heavy atom. The van der Waals surface area contributed by atoms with E-state index >= 15 is 0 Å². The van der Waals surface area contributed by atoms with Gasteiger partial charge in [-0.3, -0.25) is 0 Å². The Bertz CT molecular complexity index is 225. The van der Waals surface area contributed by atoms with Crippen LogP contribution in [0.1, 0.15) is 65.7 Å². The second-order valence-corrected chi connectivity index (χ2v) is 6.52. The third-order valence-corrected chi connectivity index (χ3v) is 4.96. The van der Waals surface area contributed by atoms with Crippen LogP contribution in [0.25, 0.3) is 0 Å². The third kappa shape index (κ3) is 3.96. The molecule has 0 unspecified atom stereocenters. The maximum Gasteiger partial charge on any atom is 0.0603 e. The van der Waals surface area contributed by atoms with Gasteiger partial charge in [0.05, 0.1) is 12.2 Å². The molecular weight excluding hydrogens is 222 g/mol. The summed E-state index contributed by atoms with van der Waals surface area (Å²) in [4.78, 5) is 2.58. The molecule has 18 heavy (non-hydrogen) atoms. The average molecular weight is 253 g/mol. The van der Waals surface area contributed by atoms with E-state index in [0.717, 1.165) is 5.92 Å². The van der Waals surface area contributed by atoms with Gasteiger partial charge >= 0.3 is 0 Å². The zero-order chi connectivity index (χ0) is 13.0. The first-order chi connectivity index (χ1) is 8.69. The molecule has 1 saturated carbocycles. The Morgan fingerprint density at radius 3 is 2.00 bits per heavy atom. The van der Waals surface area contributed by atoms with Crippen LogP contribution >= 0.6 is 0 Å². The van der Waals surface area contributed by atoms with Gasteiger partial charge < -0.3 is 9.64 Å². The molecule has 0 aromatic carbocycles. The number of rotatable bonds is 4. The van der Waals surface area contributed by atoms with Gasteiger partial charge in [-0.1, -0.05) is 13.3 Å². The molecule has 2 fully saturated rings. The molecule has 1 saturated heterocycles. The minimum atomic E-state index is 0.545. The van der Waals surface area contributed by atoms with Crippen molar-refractivity contribution in [3.63, 3.8) is 0 Å². The largest absolute Gasteiger partial charge is 0.375 e. The number of nitrogens with zero attached hydrogens (tertiary/aromatic N) is 1. The van der Waals surface area contributed by atoms with Gasteiger partial charge in [0.15, 0.2) is 0 Å². The second-order valence-electron chi connectivity index (χ2n) is 6.52. The van der Waals surface area contributed by atoms with E-state index in [0.29, 0.717) is 18.2 Å². The zero-order valence-electron chi connectivity index (χ0n) is 12.5. The van der Waals surface area contributed by atoms with Crippen molar-refractivity contribution < 1.29 is 4.74 Å². The number of likely N-dealkylation sites (tertiary alicyclic amines) is 1. The van der Waals surface area contributed by atoms with Crippen LogP contribution in [0.2, 0.25) is 0 Å². The molecule has 106 valence electrons. The number of hydrogen-bond acceptors (Lipinski definition) is 2. The Hall–Kier alpha value is -0.0800. The summed E-state index contributed by atoms with van der Waals surface area (Å²) in [6.45, 7) is 9.38. The minimum Gasteiger partial charge on any atom is -0.375 e. The molecule has 0 bridgehead atoms. The van der Waals surface area contributed by atoms with Gasteiger partial charge in [-0.25, -0.2) is 0 Å². The van der Waals surface area contributed by atoms with Gasteiger partial charge in [0.2, 0.25) is 0 Å². The summed E-state index contributed by atoms with van der Waals surface area (Å²) in [6, 6.07) is 0.700. The predicted octanol–water partition coefficient (Wildman–Crippen LogP) is 3.84. The molecule has 2 heteroatoms. The summed E-state index contributed by atoms with van der Waals surface area (Å²) in [7, 11) is 0. The zero-order valence-corrected chi connectivity index (χ0v) is 12.5. The molecule has 0 spiro atoms. The van der Waals surface area contributed by atoms with Crippen LogP contribution in [0.15, 0.2) is 0 Å². The van der Waals surface area contributed by atoms with E-state index in [9.17, 15) is 0 Å². The van der Waals surface area contributed by atoms with Crippen LogP contribution in [0.3, 0.4) is 0 Å². The average Bonchev–Trinajstić information content (AvgIpc) is 2.40. The minimum absolute atomic E-state index is 0.545. The van der Waals surface area contributed by atoms with Crippen molar-refractivity contribution in [3.05, 3.63) is 0 Å². The Labute approximate surface area is 113 Å². The van der Waals surface area contributed by atoms with E-state index in [2.05, 4.69) is 25.7 Å². The summed E-state index contributed by atoms with van der Waals surface area (Å²) in [5.74, 6) is 0.979. The molecular formula is C16H31NO. The lowest BCUT2D eigenvalue weighted by Crippen LogP contribution is -2.42. The Balaban J connectivity index is 1.66. The highest BCUT2D eigenvalue weighted by molar-refractivity contribution is 4.78. The van der Waals surface area contributed by atoms with Gasteiger partial charge in [0.25, 0.3) is 0 Å². The Kier molecular flexibility index (Phi) is 5.50. The van der Waals surface area contributed by atoms with Crippen LogP contribution in [0, 0.1) is 5.92 Å². The molecule has 0 N–H and O–H groups in total. The Morgan fingerprint density at radius 2 is 1.50 bits per heavy atom. The lowest BCUT2D eigenvalue weighted by Gasteiger charge is -2.37. The molecule has 2 rings (SSSR count). The van der Waals surface area contributed by atoms with E-state index in [1.807, 2.05) is 0 Å². The normalized spacial score (nSPS) is 32.0. The predicted molar refractivity (Wildman–Crippen MR) is 76.9 cm³/mol. The second kappa shape index (κ2) is 6.91. The van der Waals surface area contributed by atoms with Crippen LogP contribution in [-0.2, 0) is 4.74 Å². The fraction of sp³-hybridized carbons (Fsp3) is 1.00. The van der Waals surface area contributed by atoms with Crippen molar-refractivity contribution in [2.24, 2.45) is 5.92 Å². The SMILES string of the molecule is CCC1CCC(OC2CCN(C(C)C)CC2)CC1. The smallest absolute Gasteiger partial charge is 0.0603 e. The molecule has 0 amide bonds. The lowest BCUT2D eigenvalue weighted by atomic mass is 9.85. The van der Waals surface area contributed by atoms with Gasteiger partial charge in [-0.2, -0.15) is 0 Å². The molecule has 0 aromatic heterocycles. The molecule has 1 heterocycles. The van der Waals surface area contributed by atoms with E-state index in [4.69, 9.17) is 4.74 Å². The van der Waals surface area contributed by atoms with Gasteiger partial charge in [-0.15, -0.1) is 0 Å². The number of piperidine rings is 1. The summed E-state index contributed by atoms with van der Waals surface area (Å²) < 4.78 is 6.33. The summed E-state index contributed by atoms with van der Waals surface area (Å²) >= 11 is 0. The molecule has 0 radical (unpaired) electrons. The van der Waals surface area contributed by atoms with Crippen molar-refractivity contribution in [1.29, 1.82) is 0 Å². The van der Waals surface area contributed by atoms with E-state index in [-0.39, 0.29) is 0 Å². The molecule has 0 atom stereocenters. The van der Waals surface area contributed by atoms with Crippen molar-refractivity contribution in [2.45, 2.75) is 84.0 Å². The quantitative estimate of drug-likeness (QED) is 0.754. The first kappa shape index (κ1) is 14.3. The van der Waals surface area contributed by atoms with E-state index < -0.39 is 0 Å². The first-order valence-electron chi connectivity index (χ1n) is 8.08. The number of ether oxygens (including phenoxy) is 1. The highest BCUT2D eigenvalue weighted by atomic mass is 16.5. The van der Waals surface area contributed by atoms with Crippen molar-refractivity contribution in [1.82, 2.24) is 4.90 Å². The van der Waals surface area contributed by atoms with Crippen LogP contribution in [-0.4, -0.2) is 36.2 Å². The number of hydrogen-bond donors (Lipinski definition) is 0. The molecule has 0 aromatic rings. The third-order valence-electron chi connectivity index (χ3n) is 4.96. The monoisotopic (exact) mass is 253 g/mol. The van der Waals surface area contributed by atoms with Crippen LogP contribution < -0.4 is 0 Å². The fourth-order valence-electron chi connectivity index (χ4n) is 3.48. The summed E-state index contributed by atoms with van der Waals surface area (Å²) in [5.41, 5.74) is 0. The standard InChI is InChI=1S/C16H31NO/c1-4-14-5-7-15(8-6-14)18-16-9-11-17(12-10-16)13(2)3/h13-16H,4-12H2,1-3H3.